The molecule has 3 heteroatoms. The molecule has 3 nitrogen and oxygen atoms in total. The van der Waals surface area contributed by atoms with E-state index in [1.165, 1.54) is 0 Å². The smallest absolute Gasteiger partial charge is 0.170 e. The molecular weight excluding hydrogens is 212 g/mol. The molecule has 17 heavy (non-hydrogen) atoms. The summed E-state index contributed by atoms with van der Waals surface area (Å²) in [5.41, 5.74) is 9.62. The van der Waals surface area contributed by atoms with Crippen LogP contribution in [0.3, 0.4) is 0 Å². The van der Waals surface area contributed by atoms with Crippen molar-refractivity contribution in [1.82, 2.24) is 0 Å². The maximum atomic E-state index is 8.74. The first-order chi connectivity index (χ1) is 8.24. The molecule has 0 atom stereocenters. The average Bonchev–Trinajstić information content (AvgIpc) is 2.39. The first kappa shape index (κ1) is 11.2. The van der Waals surface area contributed by atoms with E-state index in [-0.39, 0.29) is 5.84 Å². The lowest BCUT2D eigenvalue weighted by Crippen LogP contribution is -2.14. The molecule has 0 aliphatic carbocycles. The van der Waals surface area contributed by atoms with Crippen LogP contribution in [0, 0.1) is 6.92 Å². The molecule has 0 aliphatic rings. The van der Waals surface area contributed by atoms with Gasteiger partial charge in [-0.15, -0.1) is 0 Å². The van der Waals surface area contributed by atoms with Gasteiger partial charge < -0.3 is 10.9 Å². The Bertz CT molecular complexity index is 547. The van der Waals surface area contributed by atoms with Crippen molar-refractivity contribution in [1.29, 1.82) is 0 Å². The molecule has 2 aromatic rings. The summed E-state index contributed by atoms with van der Waals surface area (Å²) in [6, 6.07) is 15.8. The number of hydrogen-bond donors (Lipinski definition) is 2. The molecule has 86 valence electrons. The summed E-state index contributed by atoms with van der Waals surface area (Å²) in [5.74, 6) is 0.139. The second-order valence-electron chi connectivity index (χ2n) is 3.83. The molecule has 0 bridgehead atoms. The molecule has 0 aromatic heterocycles. The van der Waals surface area contributed by atoms with E-state index in [2.05, 4.69) is 5.16 Å². The second kappa shape index (κ2) is 4.70. The number of nitrogens with two attached hydrogens (primary N) is 1. The molecule has 0 unspecified atom stereocenters. The predicted molar refractivity (Wildman–Crippen MR) is 69.1 cm³/mol. The van der Waals surface area contributed by atoms with E-state index in [0.29, 0.717) is 0 Å². The van der Waals surface area contributed by atoms with Gasteiger partial charge in [-0.2, -0.15) is 0 Å². The van der Waals surface area contributed by atoms with E-state index in [1.54, 1.807) is 0 Å². The third-order valence-corrected chi connectivity index (χ3v) is 2.80. The average molecular weight is 226 g/mol. The van der Waals surface area contributed by atoms with Crippen molar-refractivity contribution in [2.45, 2.75) is 6.92 Å². The van der Waals surface area contributed by atoms with Crippen LogP contribution in [0.4, 0.5) is 0 Å². The van der Waals surface area contributed by atoms with Crippen LogP contribution in [0.2, 0.25) is 0 Å². The monoisotopic (exact) mass is 226 g/mol. The molecule has 0 aliphatic heterocycles. The van der Waals surface area contributed by atoms with E-state index in [0.717, 1.165) is 22.3 Å². The van der Waals surface area contributed by atoms with Crippen LogP contribution < -0.4 is 5.73 Å². The molecule has 0 saturated carbocycles. The summed E-state index contributed by atoms with van der Waals surface area (Å²) in [6.07, 6.45) is 0. The molecule has 0 radical (unpaired) electrons. The zero-order valence-electron chi connectivity index (χ0n) is 9.59. The Labute approximate surface area is 100 Å². The van der Waals surface area contributed by atoms with Crippen LogP contribution in [0.15, 0.2) is 53.7 Å². The van der Waals surface area contributed by atoms with E-state index >= 15 is 0 Å². The molecule has 0 heterocycles. The van der Waals surface area contributed by atoms with Gasteiger partial charge in [-0.25, -0.2) is 0 Å². The van der Waals surface area contributed by atoms with Gasteiger partial charge in [-0.1, -0.05) is 53.7 Å². The summed E-state index contributed by atoms with van der Waals surface area (Å²) in [7, 11) is 0. The van der Waals surface area contributed by atoms with E-state index in [1.807, 2.05) is 55.5 Å². The van der Waals surface area contributed by atoms with Crippen LogP contribution in [0.5, 0.6) is 0 Å². The minimum absolute atomic E-state index is 0.139. The summed E-state index contributed by atoms with van der Waals surface area (Å²) >= 11 is 0. The first-order valence-electron chi connectivity index (χ1n) is 5.37. The van der Waals surface area contributed by atoms with Crippen molar-refractivity contribution in [2.24, 2.45) is 10.9 Å². The highest BCUT2D eigenvalue weighted by Gasteiger charge is 2.08. The number of rotatable bonds is 2. The van der Waals surface area contributed by atoms with Gasteiger partial charge >= 0.3 is 0 Å². The van der Waals surface area contributed by atoms with Crippen molar-refractivity contribution >= 4 is 5.84 Å². The van der Waals surface area contributed by atoms with Crippen LogP contribution >= 0.6 is 0 Å². The van der Waals surface area contributed by atoms with Gasteiger partial charge in [-0.3, -0.25) is 0 Å². The standard InChI is InChI=1S/C14H14N2O/c1-10-12(11-6-3-2-4-7-11)8-5-9-13(10)14(15)16-17/h2-9,17H,1H3,(H2,15,16). The van der Waals surface area contributed by atoms with Crippen LogP contribution in [0.25, 0.3) is 11.1 Å². The summed E-state index contributed by atoms with van der Waals surface area (Å²) < 4.78 is 0. The number of nitrogens with zero attached hydrogens (tertiary/aromatic N) is 1. The molecule has 0 spiro atoms. The summed E-state index contributed by atoms with van der Waals surface area (Å²) in [5, 5.41) is 11.8. The van der Waals surface area contributed by atoms with Crippen LogP contribution in [-0.4, -0.2) is 11.0 Å². The largest absolute Gasteiger partial charge is 0.409 e. The van der Waals surface area contributed by atoms with Crippen LogP contribution in [0.1, 0.15) is 11.1 Å². The van der Waals surface area contributed by atoms with Gasteiger partial charge in [0, 0.05) is 5.56 Å². The summed E-state index contributed by atoms with van der Waals surface area (Å²) in [4.78, 5) is 0. The second-order valence-corrected chi connectivity index (χ2v) is 3.83. The van der Waals surface area contributed by atoms with Gasteiger partial charge in [0.25, 0.3) is 0 Å². The minimum Gasteiger partial charge on any atom is -0.409 e. The number of benzene rings is 2. The normalized spacial score (nSPS) is 11.5. The Morgan fingerprint density at radius 1 is 1.06 bits per heavy atom. The van der Waals surface area contributed by atoms with Crippen molar-refractivity contribution in [3.8, 4) is 11.1 Å². The lowest BCUT2D eigenvalue weighted by atomic mass is 9.96. The Morgan fingerprint density at radius 3 is 2.41 bits per heavy atom. The lowest BCUT2D eigenvalue weighted by molar-refractivity contribution is 0.318. The minimum atomic E-state index is 0.139. The maximum Gasteiger partial charge on any atom is 0.170 e. The number of oxime groups is 1. The lowest BCUT2D eigenvalue weighted by Gasteiger charge is -2.10. The van der Waals surface area contributed by atoms with Crippen molar-refractivity contribution in [2.75, 3.05) is 0 Å². The maximum absolute atomic E-state index is 8.74. The Kier molecular flexibility index (Phi) is 3.10. The molecule has 0 saturated heterocycles. The van der Waals surface area contributed by atoms with Crippen LogP contribution in [-0.2, 0) is 0 Å². The molecule has 2 aromatic carbocycles. The highest BCUT2D eigenvalue weighted by Crippen LogP contribution is 2.25. The van der Waals surface area contributed by atoms with E-state index in [4.69, 9.17) is 10.9 Å². The number of hydrogen-bond acceptors (Lipinski definition) is 2. The van der Waals surface area contributed by atoms with Gasteiger partial charge in [0.2, 0.25) is 0 Å². The van der Waals surface area contributed by atoms with E-state index in [9.17, 15) is 0 Å². The number of amidine groups is 1. The van der Waals surface area contributed by atoms with Crippen molar-refractivity contribution in [3.05, 3.63) is 59.7 Å². The molecule has 0 fully saturated rings. The third kappa shape index (κ3) is 2.13. The fourth-order valence-electron chi connectivity index (χ4n) is 1.90. The molecule has 3 N–H and O–H groups in total. The first-order valence-corrected chi connectivity index (χ1v) is 5.37. The van der Waals surface area contributed by atoms with Gasteiger partial charge in [0.1, 0.15) is 0 Å². The van der Waals surface area contributed by atoms with E-state index < -0.39 is 0 Å². The van der Waals surface area contributed by atoms with Gasteiger partial charge in [-0.05, 0) is 23.6 Å². The van der Waals surface area contributed by atoms with Crippen molar-refractivity contribution < 1.29 is 5.21 Å². The highest BCUT2D eigenvalue weighted by molar-refractivity contribution is 5.99. The topological polar surface area (TPSA) is 58.6 Å². The highest BCUT2D eigenvalue weighted by atomic mass is 16.4. The summed E-state index contributed by atoms with van der Waals surface area (Å²) in [6.45, 7) is 1.97. The van der Waals surface area contributed by atoms with Gasteiger partial charge in [0.15, 0.2) is 5.84 Å². The van der Waals surface area contributed by atoms with Crippen molar-refractivity contribution in [3.63, 3.8) is 0 Å². The third-order valence-electron chi connectivity index (χ3n) is 2.80. The molecular formula is C14H14N2O. The quantitative estimate of drug-likeness (QED) is 0.358. The molecule has 0 amide bonds. The Morgan fingerprint density at radius 2 is 1.76 bits per heavy atom. The fraction of sp³-hybridized carbons (Fsp3) is 0.0714. The predicted octanol–water partition coefficient (Wildman–Crippen LogP) is 2.76. The SMILES string of the molecule is Cc1c(/C(N)=N/O)cccc1-c1ccccc1. The zero-order chi connectivity index (χ0) is 12.3. The zero-order valence-corrected chi connectivity index (χ0v) is 9.59. The molecule has 2 rings (SSSR count). The Hall–Kier alpha value is -2.29. The fourth-order valence-corrected chi connectivity index (χ4v) is 1.90. The van der Waals surface area contributed by atoms with Gasteiger partial charge in [0.05, 0.1) is 0 Å². The Balaban J connectivity index is 2.58.